The van der Waals surface area contributed by atoms with Gasteiger partial charge in [-0.1, -0.05) is 20.8 Å². The van der Waals surface area contributed by atoms with Crippen molar-refractivity contribution >= 4 is 37.8 Å². The third-order valence-corrected chi connectivity index (χ3v) is 5.79. The largest absolute Gasteiger partial charge is 0.396 e. The lowest BCUT2D eigenvalue weighted by atomic mass is 10.2. The number of thiophene rings is 1. The van der Waals surface area contributed by atoms with Crippen molar-refractivity contribution in [3.8, 4) is 0 Å². The van der Waals surface area contributed by atoms with Crippen LogP contribution in [-0.2, 0) is 9.84 Å². The van der Waals surface area contributed by atoms with E-state index < -0.39 is 9.84 Å². The van der Waals surface area contributed by atoms with E-state index in [9.17, 15) is 13.2 Å². The van der Waals surface area contributed by atoms with E-state index in [4.69, 9.17) is 5.73 Å². The van der Waals surface area contributed by atoms with E-state index in [0.29, 0.717) is 17.5 Å². The van der Waals surface area contributed by atoms with E-state index in [1.165, 1.54) is 7.05 Å². The number of nitrogen functional groups attached to an aromatic ring is 1. The molecule has 0 saturated heterocycles. The predicted octanol–water partition coefficient (Wildman–Crippen LogP) is 1.55. The first kappa shape index (κ1) is 16.8. The summed E-state index contributed by atoms with van der Waals surface area (Å²) in [5.41, 5.74) is 5.91. The molecule has 0 aliphatic carbocycles. The van der Waals surface area contributed by atoms with Crippen LogP contribution in [-0.4, -0.2) is 33.7 Å². The quantitative estimate of drug-likeness (QED) is 0.738. The van der Waals surface area contributed by atoms with Gasteiger partial charge in [0.25, 0.3) is 5.91 Å². The Morgan fingerprint density at radius 1 is 1.40 bits per heavy atom. The SMILES string of the molecule is CCS(=O)(=O)c1c(NCC(C)C)sc(C(=O)NC)c1N. The second kappa shape index (κ2) is 6.45. The number of sulfone groups is 1. The molecule has 0 bridgehead atoms. The van der Waals surface area contributed by atoms with E-state index in [2.05, 4.69) is 10.6 Å². The molecule has 1 rings (SSSR count). The lowest BCUT2D eigenvalue weighted by Gasteiger charge is -2.09. The maximum atomic E-state index is 12.2. The zero-order chi connectivity index (χ0) is 15.5. The van der Waals surface area contributed by atoms with Crippen LogP contribution in [0.1, 0.15) is 30.4 Å². The van der Waals surface area contributed by atoms with Gasteiger partial charge in [-0.25, -0.2) is 8.42 Å². The Kier molecular flexibility index (Phi) is 5.41. The van der Waals surface area contributed by atoms with Crippen molar-refractivity contribution in [3.05, 3.63) is 4.88 Å². The monoisotopic (exact) mass is 319 g/mol. The number of nitrogens with one attached hydrogen (secondary N) is 2. The van der Waals surface area contributed by atoms with Gasteiger partial charge in [-0.15, -0.1) is 11.3 Å². The summed E-state index contributed by atoms with van der Waals surface area (Å²) in [5, 5.41) is 5.98. The summed E-state index contributed by atoms with van der Waals surface area (Å²) in [7, 11) is -2.00. The van der Waals surface area contributed by atoms with Crippen molar-refractivity contribution in [2.45, 2.75) is 25.7 Å². The van der Waals surface area contributed by atoms with Crippen LogP contribution in [0.2, 0.25) is 0 Å². The minimum Gasteiger partial charge on any atom is -0.396 e. The molecular weight excluding hydrogens is 298 g/mol. The summed E-state index contributed by atoms with van der Waals surface area (Å²) in [6.07, 6.45) is 0. The van der Waals surface area contributed by atoms with Gasteiger partial charge in [0.1, 0.15) is 14.8 Å². The highest BCUT2D eigenvalue weighted by atomic mass is 32.2. The van der Waals surface area contributed by atoms with Crippen LogP contribution in [0.3, 0.4) is 0 Å². The molecule has 0 atom stereocenters. The van der Waals surface area contributed by atoms with Gasteiger partial charge in [0.05, 0.1) is 11.4 Å². The molecule has 0 unspecified atom stereocenters. The first-order valence-electron chi connectivity index (χ1n) is 6.35. The number of anilines is 2. The summed E-state index contributed by atoms with van der Waals surface area (Å²) in [4.78, 5) is 12.0. The van der Waals surface area contributed by atoms with Crippen LogP contribution in [0, 0.1) is 5.92 Å². The second-order valence-electron chi connectivity index (χ2n) is 4.76. The molecule has 20 heavy (non-hydrogen) atoms. The van der Waals surface area contributed by atoms with Crippen LogP contribution in [0.4, 0.5) is 10.7 Å². The Morgan fingerprint density at radius 3 is 2.45 bits per heavy atom. The summed E-state index contributed by atoms with van der Waals surface area (Å²) >= 11 is 1.08. The first-order valence-corrected chi connectivity index (χ1v) is 8.82. The summed E-state index contributed by atoms with van der Waals surface area (Å²) in [5.74, 6) is -0.0890. The van der Waals surface area contributed by atoms with E-state index in [1.54, 1.807) is 6.92 Å². The van der Waals surface area contributed by atoms with Crippen LogP contribution >= 0.6 is 11.3 Å². The minimum absolute atomic E-state index is 0.0301. The van der Waals surface area contributed by atoms with Gasteiger partial charge < -0.3 is 16.4 Å². The Morgan fingerprint density at radius 2 is 2.00 bits per heavy atom. The van der Waals surface area contributed by atoms with Crippen LogP contribution < -0.4 is 16.4 Å². The Balaban J connectivity index is 3.37. The average Bonchev–Trinajstić information content (AvgIpc) is 2.73. The molecule has 6 nitrogen and oxygen atoms in total. The zero-order valence-electron chi connectivity index (χ0n) is 12.1. The molecule has 0 fully saturated rings. The molecule has 8 heteroatoms. The number of nitrogens with two attached hydrogens (primary N) is 1. The zero-order valence-corrected chi connectivity index (χ0v) is 13.7. The van der Waals surface area contributed by atoms with Crippen LogP contribution in [0.25, 0.3) is 0 Å². The van der Waals surface area contributed by atoms with Crippen molar-refractivity contribution in [2.75, 3.05) is 30.4 Å². The molecule has 0 saturated carbocycles. The van der Waals surface area contributed by atoms with Gasteiger partial charge in [-0.3, -0.25) is 4.79 Å². The highest BCUT2D eigenvalue weighted by Gasteiger charge is 2.28. The number of hydrogen-bond acceptors (Lipinski definition) is 6. The summed E-state index contributed by atoms with van der Waals surface area (Å²) in [6, 6.07) is 0. The topological polar surface area (TPSA) is 101 Å². The van der Waals surface area contributed by atoms with Crippen molar-refractivity contribution < 1.29 is 13.2 Å². The number of rotatable bonds is 6. The van der Waals surface area contributed by atoms with E-state index in [-0.39, 0.29) is 27.1 Å². The minimum atomic E-state index is -3.49. The lowest BCUT2D eigenvalue weighted by molar-refractivity contribution is 0.0968. The smallest absolute Gasteiger partial charge is 0.263 e. The molecular formula is C12H21N3O3S2. The highest BCUT2D eigenvalue weighted by molar-refractivity contribution is 7.91. The number of carbonyl (C=O) groups is 1. The predicted molar refractivity (Wildman–Crippen MR) is 83.2 cm³/mol. The molecule has 0 aliphatic heterocycles. The Labute approximate surface area is 123 Å². The number of hydrogen-bond donors (Lipinski definition) is 3. The number of carbonyl (C=O) groups excluding carboxylic acids is 1. The van der Waals surface area contributed by atoms with Crippen molar-refractivity contribution in [1.82, 2.24) is 5.32 Å². The van der Waals surface area contributed by atoms with Gasteiger partial charge in [-0.05, 0) is 5.92 Å². The average molecular weight is 319 g/mol. The fraction of sp³-hybridized carbons (Fsp3) is 0.583. The van der Waals surface area contributed by atoms with Crippen LogP contribution in [0.5, 0.6) is 0 Å². The van der Waals surface area contributed by atoms with E-state index >= 15 is 0 Å². The van der Waals surface area contributed by atoms with Crippen molar-refractivity contribution in [2.24, 2.45) is 5.92 Å². The Hall–Kier alpha value is -1.28. The van der Waals surface area contributed by atoms with Gasteiger partial charge in [0, 0.05) is 13.6 Å². The molecule has 0 radical (unpaired) electrons. The fourth-order valence-electron chi connectivity index (χ4n) is 1.58. The Bertz CT molecular complexity index is 591. The van der Waals surface area contributed by atoms with Crippen LogP contribution in [0.15, 0.2) is 4.90 Å². The molecule has 1 aromatic rings. The standard InChI is InChI=1S/C12H21N3O3S2/c1-5-20(17,18)10-8(13)9(11(16)14-4)19-12(10)15-6-7(2)3/h7,15H,5-6,13H2,1-4H3,(H,14,16). The molecule has 0 spiro atoms. The van der Waals surface area contributed by atoms with Crippen molar-refractivity contribution in [1.29, 1.82) is 0 Å². The van der Waals surface area contributed by atoms with Gasteiger partial charge in [-0.2, -0.15) is 0 Å². The molecule has 0 aromatic carbocycles. The normalized spacial score (nSPS) is 11.7. The van der Waals surface area contributed by atoms with Gasteiger partial charge >= 0.3 is 0 Å². The first-order chi connectivity index (χ1) is 9.24. The van der Waals surface area contributed by atoms with Gasteiger partial charge in [0.15, 0.2) is 9.84 Å². The summed E-state index contributed by atoms with van der Waals surface area (Å²) in [6.45, 7) is 6.19. The van der Waals surface area contributed by atoms with E-state index in [0.717, 1.165) is 11.3 Å². The second-order valence-corrected chi connectivity index (χ2v) is 8.00. The third kappa shape index (κ3) is 3.43. The fourth-order valence-corrected chi connectivity index (χ4v) is 4.20. The molecule has 1 aromatic heterocycles. The molecule has 1 amide bonds. The molecule has 0 aliphatic rings. The van der Waals surface area contributed by atoms with Crippen molar-refractivity contribution in [3.63, 3.8) is 0 Å². The van der Waals surface area contributed by atoms with Gasteiger partial charge in [0.2, 0.25) is 0 Å². The lowest BCUT2D eigenvalue weighted by Crippen LogP contribution is -2.18. The van der Waals surface area contributed by atoms with E-state index in [1.807, 2.05) is 13.8 Å². The summed E-state index contributed by atoms with van der Waals surface area (Å²) < 4.78 is 24.3. The maximum absolute atomic E-state index is 12.2. The maximum Gasteiger partial charge on any atom is 0.263 e. The third-order valence-electron chi connectivity index (χ3n) is 2.69. The molecule has 1 heterocycles. The molecule has 114 valence electrons. The highest BCUT2D eigenvalue weighted by Crippen LogP contribution is 2.39. The molecule has 4 N–H and O–H groups in total. The number of amides is 1.